The Labute approximate surface area is 167 Å². The number of nitrogens with zero attached hydrogens (tertiary/aromatic N) is 2. The Morgan fingerprint density at radius 2 is 1.69 bits per heavy atom. The van der Waals surface area contributed by atoms with E-state index < -0.39 is 24.4 Å². The summed E-state index contributed by atoms with van der Waals surface area (Å²) in [7, 11) is 0. The number of aromatic hydroxyl groups is 1. The van der Waals surface area contributed by atoms with Crippen LogP contribution in [0.3, 0.4) is 0 Å². The molecule has 154 valence electrons. The lowest BCUT2D eigenvalue weighted by Crippen LogP contribution is -2.53. The average Bonchev–Trinajstić information content (AvgIpc) is 3.04. The second-order valence-electron chi connectivity index (χ2n) is 7.86. The number of alkyl halides is 2. The largest absolute Gasteiger partial charge is 0.508 e. The van der Waals surface area contributed by atoms with Crippen LogP contribution in [0.1, 0.15) is 29.9 Å². The summed E-state index contributed by atoms with van der Waals surface area (Å²) >= 11 is 0. The number of piperidine rings is 1. The molecule has 4 rings (SSSR count). The molecule has 7 heteroatoms. The summed E-state index contributed by atoms with van der Waals surface area (Å²) in [5.41, 5.74) is 1.32. The zero-order valence-electron chi connectivity index (χ0n) is 15.9. The summed E-state index contributed by atoms with van der Waals surface area (Å²) in [5, 5.41) is 9.39. The topological polar surface area (TPSA) is 43.8 Å². The molecule has 0 spiro atoms. The normalized spacial score (nSPS) is 24.8. The number of hydrogen-bond acceptors (Lipinski definition) is 3. The zero-order valence-corrected chi connectivity index (χ0v) is 15.9. The number of amides is 1. The molecule has 2 heterocycles. The highest BCUT2D eigenvalue weighted by Crippen LogP contribution is 2.42. The molecule has 0 saturated carbocycles. The van der Waals surface area contributed by atoms with Crippen LogP contribution in [0.5, 0.6) is 5.75 Å². The quantitative estimate of drug-likeness (QED) is 0.844. The van der Waals surface area contributed by atoms with E-state index >= 15 is 0 Å². The molecule has 4 nitrogen and oxygen atoms in total. The first-order valence-electron chi connectivity index (χ1n) is 9.77. The van der Waals surface area contributed by atoms with Gasteiger partial charge in [0.05, 0.1) is 18.5 Å². The molecule has 2 aliphatic heterocycles. The van der Waals surface area contributed by atoms with Crippen LogP contribution in [0.2, 0.25) is 0 Å². The first kappa shape index (κ1) is 19.8. The molecule has 2 saturated heterocycles. The van der Waals surface area contributed by atoms with E-state index in [-0.39, 0.29) is 23.9 Å². The molecule has 0 unspecified atom stereocenters. The molecule has 2 fully saturated rings. The number of rotatable bonds is 4. The summed E-state index contributed by atoms with van der Waals surface area (Å²) in [4.78, 5) is 16.1. The van der Waals surface area contributed by atoms with E-state index in [1.807, 2.05) is 0 Å². The minimum absolute atomic E-state index is 0.0484. The van der Waals surface area contributed by atoms with Gasteiger partial charge in [-0.15, -0.1) is 0 Å². The average molecular weight is 404 g/mol. The fourth-order valence-electron chi connectivity index (χ4n) is 4.38. The molecule has 2 aliphatic rings. The van der Waals surface area contributed by atoms with Gasteiger partial charge in [0.2, 0.25) is 5.91 Å². The van der Waals surface area contributed by atoms with E-state index in [0.29, 0.717) is 31.6 Å². The third-order valence-electron chi connectivity index (χ3n) is 5.92. The van der Waals surface area contributed by atoms with Gasteiger partial charge in [0, 0.05) is 13.1 Å². The van der Waals surface area contributed by atoms with Gasteiger partial charge >= 0.3 is 0 Å². The highest BCUT2D eigenvalue weighted by atomic mass is 19.3. The number of halogens is 3. The van der Waals surface area contributed by atoms with Gasteiger partial charge in [0.25, 0.3) is 5.92 Å². The van der Waals surface area contributed by atoms with E-state index in [4.69, 9.17) is 0 Å². The molecule has 2 aromatic rings. The maximum absolute atomic E-state index is 14.9. The first-order chi connectivity index (χ1) is 13.8. The Hall–Kier alpha value is -2.54. The second-order valence-corrected chi connectivity index (χ2v) is 7.86. The molecule has 0 aliphatic carbocycles. The SMILES string of the molecule is O=C1[C@@H](N2CC[C@@H](c3ccc(O)cc3)C(F)(F)C2)CCN1Cc1ccc(F)cc1. The van der Waals surface area contributed by atoms with Gasteiger partial charge in [-0.05, 0) is 54.8 Å². The van der Waals surface area contributed by atoms with E-state index in [1.165, 1.54) is 36.4 Å². The Balaban J connectivity index is 1.41. The van der Waals surface area contributed by atoms with Gasteiger partial charge in [-0.1, -0.05) is 24.3 Å². The Morgan fingerprint density at radius 1 is 1.00 bits per heavy atom. The van der Waals surface area contributed by atoms with Crippen molar-refractivity contribution in [2.45, 2.75) is 37.3 Å². The number of phenols is 1. The number of benzene rings is 2. The third kappa shape index (κ3) is 4.10. The number of hydrogen-bond donors (Lipinski definition) is 1. The molecule has 0 bridgehead atoms. The summed E-state index contributed by atoms with van der Waals surface area (Å²) in [5.74, 6) is -4.32. The lowest BCUT2D eigenvalue weighted by molar-refractivity contribution is -0.137. The number of phenolic OH excluding ortho intramolecular Hbond substituents is 1. The van der Waals surface area contributed by atoms with Gasteiger partial charge in [-0.25, -0.2) is 13.2 Å². The van der Waals surface area contributed by atoms with Crippen molar-refractivity contribution in [3.8, 4) is 5.75 Å². The predicted octanol–water partition coefficient (Wildman–Crippen LogP) is 3.76. The third-order valence-corrected chi connectivity index (χ3v) is 5.92. The van der Waals surface area contributed by atoms with Crippen molar-refractivity contribution in [1.29, 1.82) is 0 Å². The predicted molar refractivity (Wildman–Crippen MR) is 102 cm³/mol. The second kappa shape index (κ2) is 7.71. The van der Waals surface area contributed by atoms with Gasteiger partial charge in [0.1, 0.15) is 11.6 Å². The highest BCUT2D eigenvalue weighted by molar-refractivity contribution is 5.84. The van der Waals surface area contributed by atoms with Crippen molar-refractivity contribution in [1.82, 2.24) is 9.80 Å². The fraction of sp³-hybridized carbons (Fsp3) is 0.409. The van der Waals surface area contributed by atoms with Crippen molar-refractivity contribution in [2.24, 2.45) is 0 Å². The van der Waals surface area contributed by atoms with Crippen LogP contribution in [0, 0.1) is 5.82 Å². The van der Waals surface area contributed by atoms with E-state index in [9.17, 15) is 23.1 Å². The molecule has 2 atom stereocenters. The Bertz CT molecular complexity index is 871. The molecule has 0 aromatic heterocycles. The highest BCUT2D eigenvalue weighted by Gasteiger charge is 2.49. The van der Waals surface area contributed by atoms with Gasteiger partial charge in [-0.2, -0.15) is 0 Å². The van der Waals surface area contributed by atoms with Gasteiger partial charge < -0.3 is 10.0 Å². The van der Waals surface area contributed by atoms with Crippen molar-refractivity contribution in [3.05, 3.63) is 65.5 Å². The maximum atomic E-state index is 14.9. The van der Waals surface area contributed by atoms with E-state index in [2.05, 4.69) is 0 Å². The molecule has 29 heavy (non-hydrogen) atoms. The Kier molecular flexibility index (Phi) is 5.25. The van der Waals surface area contributed by atoms with Crippen LogP contribution in [0.15, 0.2) is 48.5 Å². The van der Waals surface area contributed by atoms with Crippen molar-refractivity contribution < 1.29 is 23.1 Å². The summed E-state index contributed by atoms with van der Waals surface area (Å²) in [6, 6.07) is 11.3. The van der Waals surface area contributed by atoms with Crippen molar-refractivity contribution in [2.75, 3.05) is 19.6 Å². The number of likely N-dealkylation sites (tertiary alicyclic amines) is 2. The maximum Gasteiger partial charge on any atom is 0.267 e. The summed E-state index contributed by atoms with van der Waals surface area (Å²) < 4.78 is 42.9. The standard InChI is InChI=1S/C22H23F3N2O2/c23-17-5-1-15(2-6-17)13-26-12-10-20(21(26)29)27-11-9-19(22(24,25)14-27)16-3-7-18(28)8-4-16/h1-8,19-20,28H,9-14H2/t19-,20-/m0/s1. The first-order valence-corrected chi connectivity index (χ1v) is 9.77. The molecule has 1 amide bonds. The van der Waals surface area contributed by atoms with Crippen molar-refractivity contribution >= 4 is 5.91 Å². The molecular weight excluding hydrogens is 381 g/mol. The van der Waals surface area contributed by atoms with Crippen LogP contribution < -0.4 is 0 Å². The fourth-order valence-corrected chi connectivity index (χ4v) is 4.38. The van der Waals surface area contributed by atoms with Crippen LogP contribution in [-0.4, -0.2) is 52.4 Å². The van der Waals surface area contributed by atoms with Crippen LogP contribution in [0.4, 0.5) is 13.2 Å². The minimum Gasteiger partial charge on any atom is -0.508 e. The van der Waals surface area contributed by atoms with Gasteiger partial charge in [0.15, 0.2) is 0 Å². The molecule has 0 radical (unpaired) electrons. The van der Waals surface area contributed by atoms with Crippen LogP contribution >= 0.6 is 0 Å². The van der Waals surface area contributed by atoms with Gasteiger partial charge in [-0.3, -0.25) is 9.69 Å². The monoisotopic (exact) mass is 404 g/mol. The zero-order chi connectivity index (χ0) is 20.6. The van der Waals surface area contributed by atoms with Crippen LogP contribution in [-0.2, 0) is 11.3 Å². The summed E-state index contributed by atoms with van der Waals surface area (Å²) in [6.07, 6.45) is 0.763. The molecule has 1 N–H and O–H groups in total. The summed E-state index contributed by atoms with van der Waals surface area (Å²) in [6.45, 7) is 0.821. The lowest BCUT2D eigenvalue weighted by atomic mass is 9.85. The minimum atomic E-state index is -2.96. The number of carbonyl (C=O) groups excluding carboxylic acids is 1. The van der Waals surface area contributed by atoms with E-state index in [0.717, 1.165) is 5.56 Å². The van der Waals surface area contributed by atoms with Crippen molar-refractivity contribution in [3.63, 3.8) is 0 Å². The van der Waals surface area contributed by atoms with Crippen LogP contribution in [0.25, 0.3) is 0 Å². The molecule has 2 aromatic carbocycles. The smallest absolute Gasteiger partial charge is 0.267 e. The molecular formula is C22H23F3N2O2. The Morgan fingerprint density at radius 3 is 2.34 bits per heavy atom. The van der Waals surface area contributed by atoms with E-state index in [1.54, 1.807) is 21.9 Å². The number of carbonyl (C=O) groups is 1. The lowest BCUT2D eigenvalue weighted by Gasteiger charge is -2.40.